The second kappa shape index (κ2) is 10.8. The van der Waals surface area contributed by atoms with Crippen molar-refractivity contribution in [1.29, 1.82) is 0 Å². The minimum Gasteiger partial charge on any atom is -0.477 e. The number of aromatic amines is 2. The third-order valence-corrected chi connectivity index (χ3v) is 6.88. The van der Waals surface area contributed by atoms with Gasteiger partial charge in [0, 0.05) is 29.9 Å². The van der Waals surface area contributed by atoms with Crippen LogP contribution in [0.15, 0.2) is 57.3 Å². The Kier molecular flexibility index (Phi) is 7.47. The number of amides is 2. The Balaban J connectivity index is 1.54. The predicted molar refractivity (Wildman–Crippen MR) is 129 cm³/mol. The first-order valence-corrected chi connectivity index (χ1v) is 12.0. The molecule has 2 aliphatic rings. The van der Waals surface area contributed by atoms with Crippen molar-refractivity contribution in [2.24, 2.45) is 0 Å². The quantitative estimate of drug-likeness (QED) is 0.241. The van der Waals surface area contributed by atoms with Crippen molar-refractivity contribution in [2.45, 2.75) is 24.4 Å². The highest BCUT2D eigenvalue weighted by molar-refractivity contribution is 8.00. The van der Waals surface area contributed by atoms with Crippen molar-refractivity contribution in [1.82, 2.24) is 20.2 Å². The lowest BCUT2D eigenvalue weighted by atomic mass is 10.0. The lowest BCUT2D eigenvalue weighted by Crippen LogP contribution is -2.71. The Morgan fingerprint density at radius 1 is 1.16 bits per heavy atom. The number of carboxylic acid groups (broad SMARTS) is 1. The van der Waals surface area contributed by atoms with Crippen LogP contribution in [-0.2, 0) is 28.7 Å². The van der Waals surface area contributed by atoms with Crippen LogP contribution in [0.4, 0.5) is 0 Å². The largest absolute Gasteiger partial charge is 0.477 e. The molecule has 15 heteroatoms. The van der Waals surface area contributed by atoms with Gasteiger partial charge >= 0.3 is 23.6 Å². The Morgan fingerprint density at radius 3 is 2.50 bits per heavy atom. The van der Waals surface area contributed by atoms with Crippen LogP contribution >= 0.6 is 11.8 Å². The lowest BCUT2D eigenvalue weighted by molar-refractivity contribution is -0.152. The maximum Gasteiger partial charge on any atom is 0.356 e. The first kappa shape index (κ1) is 26.4. The molecule has 198 valence electrons. The van der Waals surface area contributed by atoms with Gasteiger partial charge in [0.2, 0.25) is 6.10 Å². The number of H-pyrrole nitrogens is 2. The molecule has 0 radical (unpaired) electrons. The summed E-state index contributed by atoms with van der Waals surface area (Å²) in [6.45, 7) is 0.873. The number of carboxylic acids is 1. The minimum atomic E-state index is -1.57. The number of ether oxygens (including phenoxy) is 2. The van der Waals surface area contributed by atoms with Gasteiger partial charge in [-0.3, -0.25) is 29.1 Å². The van der Waals surface area contributed by atoms with E-state index in [4.69, 9.17) is 9.47 Å². The number of fused-ring (bicyclic) bond motifs is 1. The van der Waals surface area contributed by atoms with Crippen LogP contribution in [0.1, 0.15) is 29.1 Å². The maximum atomic E-state index is 13.2. The van der Waals surface area contributed by atoms with Gasteiger partial charge in [0.1, 0.15) is 29.4 Å². The van der Waals surface area contributed by atoms with Gasteiger partial charge in [0.25, 0.3) is 17.4 Å². The molecule has 2 amide bonds. The van der Waals surface area contributed by atoms with E-state index < -0.39 is 64.2 Å². The van der Waals surface area contributed by atoms with Gasteiger partial charge in [-0.2, -0.15) is 0 Å². The van der Waals surface area contributed by atoms with Crippen LogP contribution in [-0.4, -0.2) is 73.5 Å². The van der Waals surface area contributed by atoms with E-state index in [1.54, 1.807) is 18.2 Å². The Morgan fingerprint density at radius 2 is 1.87 bits per heavy atom. The van der Waals surface area contributed by atoms with E-state index in [1.165, 1.54) is 19.1 Å². The molecular formula is C23H20N4O10S. The van der Waals surface area contributed by atoms with E-state index in [2.05, 4.69) is 10.3 Å². The topological polar surface area (TPSA) is 205 Å². The number of β-lactam (4-membered cyclic amide) rings is 1. The van der Waals surface area contributed by atoms with Gasteiger partial charge in [-0.05, 0) is 0 Å². The number of hydrogen-bond acceptors (Lipinski definition) is 10. The zero-order valence-corrected chi connectivity index (χ0v) is 20.4. The molecule has 0 bridgehead atoms. The first-order valence-electron chi connectivity index (χ1n) is 11.0. The first-order chi connectivity index (χ1) is 18.1. The maximum absolute atomic E-state index is 13.2. The number of thioether (sulfide) groups is 1. The van der Waals surface area contributed by atoms with Crippen molar-refractivity contribution < 1.29 is 38.6 Å². The number of nitrogens with one attached hydrogen (secondary N) is 3. The monoisotopic (exact) mass is 544 g/mol. The summed E-state index contributed by atoms with van der Waals surface area (Å²) >= 11 is 1.16. The van der Waals surface area contributed by atoms with Gasteiger partial charge in [-0.25, -0.2) is 14.4 Å². The van der Waals surface area contributed by atoms with Gasteiger partial charge in [-0.15, -0.1) is 11.8 Å². The van der Waals surface area contributed by atoms with Gasteiger partial charge < -0.3 is 24.9 Å². The molecule has 4 rings (SSSR count). The van der Waals surface area contributed by atoms with Crippen molar-refractivity contribution in [3.63, 3.8) is 0 Å². The molecule has 2 aromatic rings. The number of esters is 2. The summed E-state index contributed by atoms with van der Waals surface area (Å²) in [5.74, 6) is -4.65. The van der Waals surface area contributed by atoms with Gasteiger partial charge in [0.15, 0.2) is 0 Å². The molecule has 1 fully saturated rings. The predicted octanol–water partition coefficient (Wildman–Crippen LogP) is -0.737. The van der Waals surface area contributed by atoms with Crippen LogP contribution in [0.5, 0.6) is 0 Å². The summed E-state index contributed by atoms with van der Waals surface area (Å²) < 4.78 is 10.2. The molecule has 1 saturated heterocycles. The Bertz CT molecular complexity index is 1440. The molecule has 4 N–H and O–H groups in total. The number of rotatable bonds is 8. The molecule has 0 aliphatic carbocycles. The molecule has 1 aromatic heterocycles. The number of carbonyl (C=O) groups is 5. The van der Waals surface area contributed by atoms with E-state index in [0.717, 1.165) is 22.7 Å². The average Bonchev–Trinajstić information content (AvgIpc) is 2.87. The molecule has 3 atom stereocenters. The zero-order chi connectivity index (χ0) is 27.6. The minimum absolute atomic E-state index is 0.128. The smallest absolute Gasteiger partial charge is 0.356 e. The fourth-order valence-electron chi connectivity index (χ4n) is 3.86. The van der Waals surface area contributed by atoms with Crippen LogP contribution in [0, 0.1) is 0 Å². The molecule has 1 aromatic carbocycles. The van der Waals surface area contributed by atoms with Crippen LogP contribution in [0.3, 0.4) is 0 Å². The summed E-state index contributed by atoms with van der Waals surface area (Å²) in [7, 11) is 0. The zero-order valence-electron chi connectivity index (χ0n) is 19.6. The average molecular weight is 544 g/mol. The van der Waals surface area contributed by atoms with Crippen molar-refractivity contribution in [3.05, 3.63) is 79.8 Å². The van der Waals surface area contributed by atoms with Crippen molar-refractivity contribution >= 4 is 41.5 Å². The van der Waals surface area contributed by atoms with Crippen molar-refractivity contribution in [3.8, 4) is 0 Å². The molecule has 2 aliphatic heterocycles. The molecule has 14 nitrogen and oxygen atoms in total. The Labute approximate surface area is 217 Å². The summed E-state index contributed by atoms with van der Waals surface area (Å²) in [6.07, 6.45) is -1.57. The standard InChI is InChI=1S/C23H20N4O10S/c1-10(28)36-8-12-9-38-20-15(19(31)27(20)16(12)21(32)33)26-18(30)17(11-5-3-2-4-6-11)37-22(34)13-7-14(29)25-23(35)24-13/h2-7,15,17,20H,8-9H2,1H3,(H,26,30)(H,32,33)(H2,24,25,29,35)/t15-,17?,20+/m0/s1. The van der Waals surface area contributed by atoms with Crippen molar-refractivity contribution in [2.75, 3.05) is 12.4 Å². The third kappa shape index (κ3) is 5.36. The lowest BCUT2D eigenvalue weighted by Gasteiger charge is -2.49. The molecule has 3 heterocycles. The second-order valence-electron chi connectivity index (χ2n) is 8.13. The SMILES string of the molecule is CC(=O)OCC1=C(C(=O)O)N2C(=O)[C@H](NC(=O)C(OC(=O)c3cc(=O)[nH]c(=O)[nH]3)c3ccccc3)[C@H]2SC1. The summed E-state index contributed by atoms with van der Waals surface area (Å²) in [6, 6.07) is 7.47. The van der Waals surface area contributed by atoms with E-state index >= 15 is 0 Å². The van der Waals surface area contributed by atoms with Crippen LogP contribution < -0.4 is 16.6 Å². The van der Waals surface area contributed by atoms with E-state index in [1.807, 2.05) is 4.98 Å². The Hall–Kier alpha value is -4.66. The van der Waals surface area contributed by atoms with Gasteiger partial charge in [-0.1, -0.05) is 30.3 Å². The van der Waals surface area contributed by atoms with Crippen LogP contribution in [0.25, 0.3) is 0 Å². The van der Waals surface area contributed by atoms with E-state index in [0.29, 0.717) is 0 Å². The number of benzene rings is 1. The molecule has 0 spiro atoms. The van der Waals surface area contributed by atoms with Gasteiger partial charge in [0.05, 0.1) is 0 Å². The molecule has 0 saturated carbocycles. The fourth-order valence-corrected chi connectivity index (χ4v) is 5.19. The summed E-state index contributed by atoms with van der Waals surface area (Å²) in [5.41, 5.74) is -2.15. The number of carbonyl (C=O) groups excluding carboxylic acids is 4. The number of hydrogen-bond donors (Lipinski definition) is 4. The number of aromatic nitrogens is 2. The molecule has 1 unspecified atom stereocenters. The second-order valence-corrected chi connectivity index (χ2v) is 9.24. The fraction of sp³-hybridized carbons (Fsp3) is 0.261. The normalized spacial score (nSPS) is 19.1. The molecule has 38 heavy (non-hydrogen) atoms. The van der Waals surface area contributed by atoms with E-state index in [9.17, 15) is 38.7 Å². The highest BCUT2D eigenvalue weighted by Crippen LogP contribution is 2.40. The highest BCUT2D eigenvalue weighted by atomic mass is 32.2. The molecular weight excluding hydrogens is 524 g/mol. The van der Waals surface area contributed by atoms with Crippen LogP contribution in [0.2, 0.25) is 0 Å². The summed E-state index contributed by atoms with van der Waals surface area (Å²) in [5, 5.41) is 11.4. The third-order valence-electron chi connectivity index (χ3n) is 5.54. The number of aliphatic carboxylic acids is 1. The summed E-state index contributed by atoms with van der Waals surface area (Å²) in [4.78, 5) is 89.9. The number of nitrogens with zero attached hydrogens (tertiary/aromatic N) is 1. The highest BCUT2D eigenvalue weighted by Gasteiger charge is 2.54. The van der Waals surface area contributed by atoms with E-state index in [-0.39, 0.29) is 29.2 Å².